The van der Waals surface area contributed by atoms with Crippen molar-refractivity contribution in [3.8, 4) is 11.4 Å². The van der Waals surface area contributed by atoms with E-state index in [4.69, 9.17) is 12.2 Å². The molecule has 0 saturated carbocycles. The summed E-state index contributed by atoms with van der Waals surface area (Å²) in [6.07, 6.45) is 2.29. The minimum Gasteiger partial charge on any atom is -0.300 e. The molecule has 2 aromatic heterocycles. The highest BCUT2D eigenvalue weighted by molar-refractivity contribution is 7.71. The van der Waals surface area contributed by atoms with Gasteiger partial charge >= 0.3 is 0 Å². The Kier molecular flexibility index (Phi) is 3.56. The molecule has 0 bridgehead atoms. The Bertz CT molecular complexity index is 521. The van der Waals surface area contributed by atoms with Crippen LogP contribution in [0.4, 0.5) is 0 Å². The van der Waals surface area contributed by atoms with Gasteiger partial charge in [-0.2, -0.15) is 5.10 Å². The van der Waals surface area contributed by atoms with Gasteiger partial charge in [0, 0.05) is 22.4 Å². The number of aromatic amines is 1. The summed E-state index contributed by atoms with van der Waals surface area (Å²) in [4.78, 5) is 1.30. The van der Waals surface area contributed by atoms with E-state index in [2.05, 4.69) is 40.1 Å². The van der Waals surface area contributed by atoms with E-state index >= 15 is 0 Å². The third-order valence-electron chi connectivity index (χ3n) is 2.48. The van der Waals surface area contributed by atoms with Crippen LogP contribution in [0.15, 0.2) is 11.4 Å². The van der Waals surface area contributed by atoms with Crippen LogP contribution in [0.1, 0.15) is 24.6 Å². The van der Waals surface area contributed by atoms with Crippen LogP contribution in [0.3, 0.4) is 0 Å². The number of nitrogens with one attached hydrogen (secondary N) is 1. The fourth-order valence-corrected chi connectivity index (χ4v) is 2.53. The Balaban J connectivity index is 2.37. The Morgan fingerprint density at radius 3 is 3.00 bits per heavy atom. The third kappa shape index (κ3) is 2.25. The van der Waals surface area contributed by atoms with Crippen LogP contribution in [-0.2, 0) is 6.54 Å². The Labute approximate surface area is 104 Å². The summed E-state index contributed by atoms with van der Waals surface area (Å²) >= 11 is 6.98. The van der Waals surface area contributed by atoms with E-state index in [1.54, 1.807) is 11.3 Å². The minimum absolute atomic E-state index is 0.715. The summed E-state index contributed by atoms with van der Waals surface area (Å²) < 4.78 is 2.80. The normalized spacial score (nSPS) is 10.9. The molecule has 0 aliphatic carbocycles. The van der Waals surface area contributed by atoms with Gasteiger partial charge < -0.3 is 4.57 Å². The lowest BCUT2D eigenvalue weighted by molar-refractivity contribution is 0.629. The van der Waals surface area contributed by atoms with Gasteiger partial charge in [-0.25, -0.2) is 0 Å². The number of aryl methyl sites for hydroxylation is 1. The molecule has 2 heterocycles. The monoisotopic (exact) mass is 253 g/mol. The largest absolute Gasteiger partial charge is 0.300 e. The summed E-state index contributed by atoms with van der Waals surface area (Å²) in [7, 11) is 0. The quantitative estimate of drug-likeness (QED) is 0.841. The van der Waals surface area contributed by atoms with Gasteiger partial charge in [-0.1, -0.05) is 13.3 Å². The van der Waals surface area contributed by atoms with Crippen molar-refractivity contribution in [2.75, 3.05) is 0 Å². The molecule has 0 unspecified atom stereocenters. The van der Waals surface area contributed by atoms with Gasteiger partial charge in [0.1, 0.15) is 0 Å². The van der Waals surface area contributed by atoms with Crippen LogP contribution in [0, 0.1) is 11.7 Å². The second-order valence-electron chi connectivity index (χ2n) is 3.80. The maximum atomic E-state index is 5.24. The van der Waals surface area contributed by atoms with Gasteiger partial charge in [0.15, 0.2) is 10.6 Å². The number of aromatic nitrogens is 3. The number of thiophene rings is 1. The van der Waals surface area contributed by atoms with Crippen molar-refractivity contribution in [3.63, 3.8) is 0 Å². The van der Waals surface area contributed by atoms with E-state index in [0.29, 0.717) is 4.77 Å². The van der Waals surface area contributed by atoms with Gasteiger partial charge in [-0.15, -0.1) is 11.3 Å². The molecule has 2 aromatic rings. The predicted octanol–water partition coefficient (Wildman–Crippen LogP) is 3.78. The molecule has 0 radical (unpaired) electrons. The number of unbranched alkanes of at least 4 members (excludes halogenated alkanes) is 1. The highest BCUT2D eigenvalue weighted by Crippen LogP contribution is 2.23. The molecule has 0 saturated heterocycles. The van der Waals surface area contributed by atoms with Gasteiger partial charge in [0.2, 0.25) is 0 Å². The van der Waals surface area contributed by atoms with Crippen LogP contribution in [0.25, 0.3) is 11.4 Å². The lowest BCUT2D eigenvalue weighted by atomic mass is 10.3. The second-order valence-corrected chi connectivity index (χ2v) is 5.31. The minimum atomic E-state index is 0.715. The summed E-state index contributed by atoms with van der Waals surface area (Å²) in [5.41, 5.74) is 1.16. The molecule has 0 atom stereocenters. The first-order valence-electron chi connectivity index (χ1n) is 5.43. The van der Waals surface area contributed by atoms with Crippen LogP contribution in [0.5, 0.6) is 0 Å². The lowest BCUT2D eigenvalue weighted by Gasteiger charge is -2.03. The van der Waals surface area contributed by atoms with Crippen LogP contribution in [0.2, 0.25) is 0 Å². The molecule has 0 aliphatic rings. The molecule has 2 rings (SSSR count). The van der Waals surface area contributed by atoms with Gasteiger partial charge in [0.05, 0.1) is 0 Å². The average Bonchev–Trinajstić information content (AvgIpc) is 2.82. The highest BCUT2D eigenvalue weighted by atomic mass is 32.1. The van der Waals surface area contributed by atoms with Crippen LogP contribution < -0.4 is 0 Å². The van der Waals surface area contributed by atoms with E-state index in [0.717, 1.165) is 30.8 Å². The number of nitrogens with zero attached hydrogens (tertiary/aromatic N) is 2. The molecule has 0 aromatic carbocycles. The van der Waals surface area contributed by atoms with Gasteiger partial charge in [-0.3, -0.25) is 5.10 Å². The zero-order valence-electron chi connectivity index (χ0n) is 9.49. The van der Waals surface area contributed by atoms with Crippen LogP contribution >= 0.6 is 23.6 Å². The predicted molar refractivity (Wildman–Crippen MR) is 70.4 cm³/mol. The molecule has 16 heavy (non-hydrogen) atoms. The molecule has 0 spiro atoms. The SMILES string of the molecule is CCCCn1c(-c2csc(C)c2)n[nH]c1=S. The third-order valence-corrected chi connectivity index (χ3v) is 3.66. The molecule has 3 nitrogen and oxygen atoms in total. The van der Waals surface area contributed by atoms with Crippen molar-refractivity contribution < 1.29 is 0 Å². The number of rotatable bonds is 4. The molecular weight excluding hydrogens is 238 g/mol. The van der Waals surface area contributed by atoms with E-state index in [1.165, 1.54) is 4.88 Å². The van der Waals surface area contributed by atoms with E-state index in [9.17, 15) is 0 Å². The smallest absolute Gasteiger partial charge is 0.195 e. The van der Waals surface area contributed by atoms with Crippen molar-refractivity contribution >= 4 is 23.6 Å². The molecule has 0 amide bonds. The van der Waals surface area contributed by atoms with E-state index < -0.39 is 0 Å². The topological polar surface area (TPSA) is 33.6 Å². The number of H-pyrrole nitrogens is 1. The van der Waals surface area contributed by atoms with Crippen LogP contribution in [-0.4, -0.2) is 14.8 Å². The first-order chi connectivity index (χ1) is 7.72. The Morgan fingerprint density at radius 1 is 1.56 bits per heavy atom. The van der Waals surface area contributed by atoms with Crippen molar-refractivity contribution in [3.05, 3.63) is 21.1 Å². The van der Waals surface area contributed by atoms with Crippen molar-refractivity contribution in [1.29, 1.82) is 0 Å². The molecule has 5 heteroatoms. The number of hydrogen-bond donors (Lipinski definition) is 1. The van der Waals surface area contributed by atoms with Crippen molar-refractivity contribution in [2.45, 2.75) is 33.2 Å². The Morgan fingerprint density at radius 2 is 2.38 bits per heavy atom. The lowest BCUT2D eigenvalue weighted by Crippen LogP contribution is -2.00. The average molecular weight is 253 g/mol. The zero-order valence-corrected chi connectivity index (χ0v) is 11.1. The maximum Gasteiger partial charge on any atom is 0.195 e. The van der Waals surface area contributed by atoms with E-state index in [-0.39, 0.29) is 0 Å². The first kappa shape index (κ1) is 11.5. The Hall–Kier alpha value is -0.940. The molecule has 0 fully saturated rings. The summed E-state index contributed by atoms with van der Waals surface area (Å²) in [5, 5.41) is 9.31. The first-order valence-corrected chi connectivity index (χ1v) is 6.72. The molecule has 86 valence electrons. The van der Waals surface area contributed by atoms with Gasteiger partial charge in [0.25, 0.3) is 0 Å². The maximum absolute atomic E-state index is 5.24. The molecule has 0 aliphatic heterocycles. The summed E-state index contributed by atoms with van der Waals surface area (Å²) in [5.74, 6) is 0.961. The molecule has 1 N–H and O–H groups in total. The van der Waals surface area contributed by atoms with E-state index in [1.807, 2.05) is 0 Å². The second kappa shape index (κ2) is 4.93. The van der Waals surface area contributed by atoms with Crippen molar-refractivity contribution in [2.24, 2.45) is 0 Å². The standard InChI is InChI=1S/C11H15N3S2/c1-3-4-5-14-10(12-13-11(14)15)9-6-8(2)16-7-9/h6-7H,3-5H2,1-2H3,(H,13,15). The fourth-order valence-electron chi connectivity index (χ4n) is 1.62. The van der Waals surface area contributed by atoms with Gasteiger partial charge in [-0.05, 0) is 31.6 Å². The summed E-state index contributed by atoms with van der Waals surface area (Å²) in [6, 6.07) is 2.15. The number of hydrogen-bond acceptors (Lipinski definition) is 3. The summed E-state index contributed by atoms with van der Waals surface area (Å²) in [6.45, 7) is 5.22. The molecular formula is C11H15N3S2. The highest BCUT2D eigenvalue weighted by Gasteiger charge is 2.09. The fraction of sp³-hybridized carbons (Fsp3) is 0.455. The van der Waals surface area contributed by atoms with Crippen molar-refractivity contribution in [1.82, 2.24) is 14.8 Å². The zero-order chi connectivity index (χ0) is 11.5.